The van der Waals surface area contributed by atoms with E-state index in [4.69, 9.17) is 4.74 Å². The number of anilines is 1. The number of nitro benzene ring substituents is 1. The Morgan fingerprint density at radius 3 is 2.50 bits per heavy atom. The Morgan fingerprint density at radius 2 is 1.85 bits per heavy atom. The van der Waals surface area contributed by atoms with E-state index in [1.807, 2.05) is 12.3 Å². The number of benzene rings is 2. The van der Waals surface area contributed by atoms with E-state index in [2.05, 4.69) is 10.4 Å². The van der Waals surface area contributed by atoms with Gasteiger partial charge in [-0.2, -0.15) is 5.10 Å². The van der Waals surface area contributed by atoms with E-state index in [9.17, 15) is 19.7 Å². The molecule has 0 atom stereocenters. The van der Waals surface area contributed by atoms with E-state index in [1.54, 1.807) is 30.3 Å². The van der Waals surface area contributed by atoms with Crippen LogP contribution in [-0.4, -0.2) is 29.6 Å². The lowest BCUT2D eigenvalue weighted by Crippen LogP contribution is -2.32. The molecule has 0 spiro atoms. The van der Waals surface area contributed by atoms with Crippen LogP contribution in [0.3, 0.4) is 0 Å². The number of carbonyl (C=O) groups is 2. The summed E-state index contributed by atoms with van der Waals surface area (Å²) in [5.41, 5.74) is 2.47. The van der Waals surface area contributed by atoms with Crippen LogP contribution in [0.25, 0.3) is 0 Å². The number of nitrogens with zero attached hydrogens (tertiary/aromatic N) is 2. The van der Waals surface area contributed by atoms with E-state index in [1.165, 1.54) is 18.2 Å². The summed E-state index contributed by atoms with van der Waals surface area (Å²) in [5.74, 6) is -1.29. The number of rotatable bonds is 6. The Balaban J connectivity index is 1.93. The highest BCUT2D eigenvalue weighted by Gasteiger charge is 2.14. The molecule has 0 bridgehead atoms. The number of amides is 2. The second-order valence-electron chi connectivity index (χ2n) is 4.93. The molecule has 0 heterocycles. The number of hydrogen-bond donors (Lipinski definition) is 2. The number of ether oxygens (including phenoxy) is 1. The van der Waals surface area contributed by atoms with Gasteiger partial charge in [0, 0.05) is 11.8 Å². The zero-order valence-electron chi connectivity index (χ0n) is 13.8. The van der Waals surface area contributed by atoms with Crippen LogP contribution >= 0.6 is 0 Å². The van der Waals surface area contributed by atoms with Gasteiger partial charge in [-0.1, -0.05) is 12.1 Å². The second kappa shape index (κ2) is 8.92. The molecule has 0 aliphatic heterocycles. The van der Waals surface area contributed by atoms with Crippen molar-refractivity contribution >= 4 is 29.4 Å². The van der Waals surface area contributed by atoms with Crippen molar-refractivity contribution in [3.63, 3.8) is 0 Å². The fourth-order valence-electron chi connectivity index (χ4n) is 1.96. The van der Waals surface area contributed by atoms with Crippen molar-refractivity contribution in [2.24, 2.45) is 5.10 Å². The third-order valence-electron chi connectivity index (χ3n) is 3.13. The molecule has 26 heavy (non-hydrogen) atoms. The molecule has 0 aliphatic carbocycles. The van der Waals surface area contributed by atoms with E-state index < -0.39 is 16.7 Å². The van der Waals surface area contributed by atoms with Gasteiger partial charge in [0.1, 0.15) is 5.75 Å². The van der Waals surface area contributed by atoms with Crippen molar-refractivity contribution in [3.8, 4) is 5.75 Å². The average molecular weight is 356 g/mol. The molecule has 9 heteroatoms. The molecule has 2 rings (SSSR count). The van der Waals surface area contributed by atoms with Gasteiger partial charge >= 0.3 is 11.8 Å². The van der Waals surface area contributed by atoms with Crippen LogP contribution in [0.1, 0.15) is 12.5 Å². The minimum absolute atomic E-state index is 0.163. The van der Waals surface area contributed by atoms with E-state index in [-0.39, 0.29) is 11.3 Å². The van der Waals surface area contributed by atoms with Crippen molar-refractivity contribution in [1.82, 2.24) is 5.43 Å². The molecule has 0 saturated carbocycles. The highest BCUT2D eigenvalue weighted by Crippen LogP contribution is 2.16. The van der Waals surface area contributed by atoms with Gasteiger partial charge in [0.25, 0.3) is 5.69 Å². The maximum Gasteiger partial charge on any atom is 0.329 e. The monoisotopic (exact) mass is 356 g/mol. The van der Waals surface area contributed by atoms with Crippen molar-refractivity contribution in [2.45, 2.75) is 6.92 Å². The van der Waals surface area contributed by atoms with Crippen LogP contribution in [0.2, 0.25) is 0 Å². The molecule has 9 nitrogen and oxygen atoms in total. The van der Waals surface area contributed by atoms with Gasteiger partial charge in [0.05, 0.1) is 23.3 Å². The normalized spacial score (nSPS) is 10.3. The lowest BCUT2D eigenvalue weighted by atomic mass is 10.2. The van der Waals surface area contributed by atoms with Gasteiger partial charge < -0.3 is 10.1 Å². The molecule has 0 aliphatic rings. The standard InChI is InChI=1S/C17H16N4O5/c1-2-26-14-9-7-13(8-10-14)19-16(22)17(23)20-18-11-12-5-3-4-6-15(12)21(24)25/h3-11H,2H2,1H3,(H,19,22)(H,20,23)/b18-11-. The fraction of sp³-hybridized carbons (Fsp3) is 0.118. The van der Waals surface area contributed by atoms with Crippen LogP contribution in [-0.2, 0) is 9.59 Å². The summed E-state index contributed by atoms with van der Waals surface area (Å²) in [6.07, 6.45) is 1.10. The average Bonchev–Trinajstić information content (AvgIpc) is 2.63. The van der Waals surface area contributed by atoms with Crippen LogP contribution in [0.15, 0.2) is 53.6 Å². The summed E-state index contributed by atoms with van der Waals surface area (Å²) >= 11 is 0. The number of para-hydroxylation sites is 1. The summed E-state index contributed by atoms with van der Waals surface area (Å²) in [6.45, 7) is 2.37. The first-order chi connectivity index (χ1) is 12.5. The number of nitrogens with one attached hydrogen (secondary N) is 2. The van der Waals surface area contributed by atoms with Crippen molar-refractivity contribution < 1.29 is 19.2 Å². The Bertz CT molecular complexity index is 833. The molecule has 0 aromatic heterocycles. The van der Waals surface area contributed by atoms with E-state index in [0.717, 1.165) is 6.21 Å². The maximum absolute atomic E-state index is 11.8. The summed E-state index contributed by atoms with van der Waals surface area (Å²) in [7, 11) is 0. The van der Waals surface area contributed by atoms with Crippen molar-refractivity contribution in [3.05, 3.63) is 64.2 Å². The number of hydrazone groups is 1. The van der Waals surface area contributed by atoms with Crippen molar-refractivity contribution in [1.29, 1.82) is 0 Å². The lowest BCUT2D eigenvalue weighted by Gasteiger charge is -2.06. The van der Waals surface area contributed by atoms with Gasteiger partial charge in [-0.15, -0.1) is 0 Å². The molecule has 0 fully saturated rings. The largest absolute Gasteiger partial charge is 0.494 e. The molecule has 2 amide bonds. The molecule has 2 N–H and O–H groups in total. The summed E-state index contributed by atoms with van der Waals surface area (Å²) in [5, 5.41) is 16.9. The second-order valence-corrected chi connectivity index (χ2v) is 4.93. The third kappa shape index (κ3) is 5.13. The quantitative estimate of drug-likeness (QED) is 0.355. The van der Waals surface area contributed by atoms with Crippen LogP contribution < -0.4 is 15.5 Å². The first kappa shape index (κ1) is 18.6. The fourth-order valence-corrected chi connectivity index (χ4v) is 1.96. The van der Waals surface area contributed by atoms with Crippen LogP contribution in [0, 0.1) is 10.1 Å². The van der Waals surface area contributed by atoms with Gasteiger partial charge in [-0.25, -0.2) is 5.43 Å². The predicted molar refractivity (Wildman–Crippen MR) is 95.1 cm³/mol. The van der Waals surface area contributed by atoms with Gasteiger partial charge in [0.15, 0.2) is 0 Å². The molecule has 0 saturated heterocycles. The highest BCUT2D eigenvalue weighted by molar-refractivity contribution is 6.39. The van der Waals surface area contributed by atoms with Crippen LogP contribution in [0.4, 0.5) is 11.4 Å². The SMILES string of the molecule is CCOc1ccc(NC(=O)C(=O)N/N=C\c2ccccc2[N+](=O)[O-])cc1. The minimum atomic E-state index is -1.01. The Labute approximate surface area is 148 Å². The van der Waals surface area contributed by atoms with Gasteiger partial charge in [-0.3, -0.25) is 19.7 Å². The molecular formula is C17H16N4O5. The third-order valence-corrected chi connectivity index (χ3v) is 3.13. The smallest absolute Gasteiger partial charge is 0.329 e. The summed E-state index contributed by atoms with van der Waals surface area (Å²) < 4.78 is 5.28. The van der Waals surface area contributed by atoms with Gasteiger partial charge in [-0.05, 0) is 37.3 Å². The van der Waals surface area contributed by atoms with Crippen LogP contribution in [0.5, 0.6) is 5.75 Å². The minimum Gasteiger partial charge on any atom is -0.494 e. The highest BCUT2D eigenvalue weighted by atomic mass is 16.6. The molecule has 0 unspecified atom stereocenters. The number of nitro groups is 1. The lowest BCUT2D eigenvalue weighted by molar-refractivity contribution is -0.385. The Morgan fingerprint density at radius 1 is 1.15 bits per heavy atom. The van der Waals surface area contributed by atoms with Crippen molar-refractivity contribution in [2.75, 3.05) is 11.9 Å². The Kier molecular flexibility index (Phi) is 6.38. The number of carbonyl (C=O) groups excluding carboxylic acids is 2. The van der Waals surface area contributed by atoms with E-state index in [0.29, 0.717) is 18.0 Å². The Hall–Kier alpha value is -3.75. The first-order valence-corrected chi connectivity index (χ1v) is 7.62. The topological polar surface area (TPSA) is 123 Å². The summed E-state index contributed by atoms with van der Waals surface area (Å²) in [4.78, 5) is 33.8. The van der Waals surface area contributed by atoms with Gasteiger partial charge in [0.2, 0.25) is 0 Å². The predicted octanol–water partition coefficient (Wildman–Crippen LogP) is 2.08. The zero-order valence-corrected chi connectivity index (χ0v) is 13.8. The maximum atomic E-state index is 11.8. The zero-order chi connectivity index (χ0) is 18.9. The molecule has 0 radical (unpaired) electrons. The molecule has 2 aromatic carbocycles. The summed E-state index contributed by atoms with van der Waals surface area (Å²) in [6, 6.07) is 12.4. The molecule has 2 aromatic rings. The molecular weight excluding hydrogens is 340 g/mol. The number of hydrogen-bond acceptors (Lipinski definition) is 6. The first-order valence-electron chi connectivity index (χ1n) is 7.62. The van der Waals surface area contributed by atoms with E-state index >= 15 is 0 Å². The molecule has 134 valence electrons.